The average molecular weight is 318 g/mol. The highest BCUT2D eigenvalue weighted by Crippen LogP contribution is 2.33. The van der Waals surface area contributed by atoms with Crippen LogP contribution in [0, 0.1) is 20.8 Å². The van der Waals surface area contributed by atoms with Crippen LogP contribution in [0.2, 0.25) is 0 Å². The Bertz CT molecular complexity index is 798. The predicted octanol–water partition coefficient (Wildman–Crippen LogP) is 3.18. The van der Waals surface area contributed by atoms with Gasteiger partial charge in [-0.3, -0.25) is 0 Å². The Labute approximate surface area is 132 Å². The number of aryl methyl sites for hydroxylation is 3. The summed E-state index contributed by atoms with van der Waals surface area (Å²) in [6.45, 7) is 8.93. The molecular weight excluding hydrogens is 296 g/mol. The minimum atomic E-state index is -3.49. The van der Waals surface area contributed by atoms with E-state index in [2.05, 4.69) is 4.57 Å². The normalized spacial score (nSPS) is 19.2. The van der Waals surface area contributed by atoms with Crippen LogP contribution >= 0.6 is 0 Å². The van der Waals surface area contributed by atoms with Crippen molar-refractivity contribution in [3.05, 3.63) is 52.8 Å². The Balaban J connectivity index is 2.09. The van der Waals surface area contributed by atoms with Crippen LogP contribution in [0.3, 0.4) is 0 Å². The molecule has 0 fully saturated rings. The summed E-state index contributed by atoms with van der Waals surface area (Å²) in [7, 11) is -3.49. The highest BCUT2D eigenvalue weighted by Gasteiger charge is 2.35. The molecule has 1 aliphatic heterocycles. The molecule has 2 aromatic rings. The molecule has 118 valence electrons. The number of nitrogens with zero attached hydrogens (tertiary/aromatic N) is 2. The molecular formula is C17H22N2O2S. The van der Waals surface area contributed by atoms with Gasteiger partial charge in [0.25, 0.3) is 0 Å². The van der Waals surface area contributed by atoms with Crippen LogP contribution in [-0.4, -0.2) is 23.8 Å². The van der Waals surface area contributed by atoms with Gasteiger partial charge in [0.1, 0.15) is 0 Å². The lowest BCUT2D eigenvalue weighted by molar-refractivity contribution is 0.282. The van der Waals surface area contributed by atoms with Gasteiger partial charge in [-0.2, -0.15) is 4.31 Å². The standard InChI is InChI=1S/C17H22N2O2S/c1-12-10-13(2)17(14(3)11-12)22(20,21)19-9-8-18-7-5-6-16(18)15(19)4/h5-7,10-11,15H,8-9H2,1-4H3/t15-/m0/s1. The van der Waals surface area contributed by atoms with Crippen LogP contribution in [0.25, 0.3) is 0 Å². The van der Waals surface area contributed by atoms with E-state index in [-0.39, 0.29) is 6.04 Å². The SMILES string of the molecule is Cc1cc(C)c(S(=O)(=O)N2CCn3cccc3[C@@H]2C)c(C)c1. The van der Waals surface area contributed by atoms with Gasteiger partial charge >= 0.3 is 0 Å². The van der Waals surface area contributed by atoms with Crippen LogP contribution in [0.4, 0.5) is 0 Å². The number of hydrogen-bond donors (Lipinski definition) is 0. The zero-order chi connectivity index (χ0) is 16.1. The van der Waals surface area contributed by atoms with Crippen LogP contribution < -0.4 is 0 Å². The second kappa shape index (κ2) is 5.25. The Morgan fingerprint density at radius 3 is 2.36 bits per heavy atom. The van der Waals surface area contributed by atoms with Crippen molar-refractivity contribution in [2.24, 2.45) is 0 Å². The molecule has 1 atom stereocenters. The van der Waals surface area contributed by atoms with Crippen LogP contribution in [0.15, 0.2) is 35.4 Å². The van der Waals surface area contributed by atoms with Crippen molar-refractivity contribution in [1.82, 2.24) is 8.87 Å². The Hall–Kier alpha value is -1.59. The van der Waals surface area contributed by atoms with E-state index in [1.165, 1.54) is 0 Å². The van der Waals surface area contributed by atoms with Crippen molar-refractivity contribution >= 4 is 10.0 Å². The fourth-order valence-corrected chi connectivity index (χ4v) is 5.59. The fraction of sp³-hybridized carbons (Fsp3) is 0.412. The molecule has 1 aromatic carbocycles. The number of benzene rings is 1. The van der Waals surface area contributed by atoms with Crippen LogP contribution in [0.5, 0.6) is 0 Å². The molecule has 0 aliphatic carbocycles. The summed E-state index contributed by atoms with van der Waals surface area (Å²) in [5, 5.41) is 0. The second-order valence-corrected chi connectivity index (χ2v) is 7.97. The summed E-state index contributed by atoms with van der Waals surface area (Å²) >= 11 is 0. The van der Waals surface area contributed by atoms with Gasteiger partial charge in [0.2, 0.25) is 10.0 Å². The van der Waals surface area contributed by atoms with E-state index in [9.17, 15) is 8.42 Å². The molecule has 0 N–H and O–H groups in total. The summed E-state index contributed by atoms with van der Waals surface area (Å²) in [6, 6.07) is 7.72. The Kier molecular flexibility index (Phi) is 3.65. The molecule has 0 amide bonds. The summed E-state index contributed by atoms with van der Waals surface area (Å²) in [5.41, 5.74) is 3.79. The minimum Gasteiger partial charge on any atom is -0.349 e. The Morgan fingerprint density at radius 2 is 1.73 bits per heavy atom. The summed E-state index contributed by atoms with van der Waals surface area (Å²) in [6.07, 6.45) is 2.01. The lowest BCUT2D eigenvalue weighted by Crippen LogP contribution is -2.41. The number of fused-ring (bicyclic) bond motifs is 1. The first-order chi connectivity index (χ1) is 10.3. The van der Waals surface area contributed by atoms with E-state index in [1.54, 1.807) is 4.31 Å². The molecule has 0 unspecified atom stereocenters. The first-order valence-electron chi connectivity index (χ1n) is 7.57. The molecule has 1 aromatic heterocycles. The van der Waals surface area contributed by atoms with Crippen LogP contribution in [0.1, 0.15) is 35.3 Å². The van der Waals surface area contributed by atoms with Gasteiger partial charge in [0.15, 0.2) is 0 Å². The van der Waals surface area contributed by atoms with Gasteiger partial charge in [0.05, 0.1) is 10.9 Å². The molecule has 1 aliphatic rings. The zero-order valence-electron chi connectivity index (χ0n) is 13.5. The molecule has 0 saturated carbocycles. The molecule has 0 saturated heterocycles. The zero-order valence-corrected chi connectivity index (χ0v) is 14.3. The minimum absolute atomic E-state index is 0.145. The third-order valence-electron chi connectivity index (χ3n) is 4.46. The van der Waals surface area contributed by atoms with Crippen LogP contribution in [-0.2, 0) is 16.6 Å². The maximum Gasteiger partial charge on any atom is 0.244 e. The van der Waals surface area contributed by atoms with E-state index in [0.717, 1.165) is 22.4 Å². The van der Waals surface area contributed by atoms with Crippen molar-refractivity contribution in [3.8, 4) is 0 Å². The van der Waals surface area contributed by atoms with E-state index < -0.39 is 10.0 Å². The summed E-state index contributed by atoms with van der Waals surface area (Å²) < 4.78 is 30.2. The van der Waals surface area contributed by atoms with Crippen molar-refractivity contribution in [2.75, 3.05) is 6.54 Å². The second-order valence-electron chi connectivity index (χ2n) is 6.15. The lowest BCUT2D eigenvalue weighted by Gasteiger charge is -2.34. The maximum absolute atomic E-state index is 13.2. The van der Waals surface area contributed by atoms with Gasteiger partial charge in [0, 0.05) is 25.0 Å². The quantitative estimate of drug-likeness (QED) is 0.853. The smallest absolute Gasteiger partial charge is 0.244 e. The summed E-state index contributed by atoms with van der Waals surface area (Å²) in [4.78, 5) is 0.463. The van der Waals surface area contributed by atoms with Gasteiger partial charge < -0.3 is 4.57 Å². The molecule has 22 heavy (non-hydrogen) atoms. The third kappa shape index (κ3) is 2.29. The molecule has 5 heteroatoms. The molecule has 0 bridgehead atoms. The lowest BCUT2D eigenvalue weighted by atomic mass is 10.1. The topological polar surface area (TPSA) is 42.3 Å². The number of rotatable bonds is 2. The van der Waals surface area contributed by atoms with Gasteiger partial charge in [-0.1, -0.05) is 17.7 Å². The first kappa shape index (κ1) is 15.3. The monoisotopic (exact) mass is 318 g/mol. The van der Waals surface area contributed by atoms with Crippen molar-refractivity contribution in [2.45, 2.75) is 45.2 Å². The number of hydrogen-bond acceptors (Lipinski definition) is 2. The third-order valence-corrected chi connectivity index (χ3v) is 6.73. The largest absolute Gasteiger partial charge is 0.349 e. The molecule has 0 radical (unpaired) electrons. The molecule has 0 spiro atoms. The highest BCUT2D eigenvalue weighted by molar-refractivity contribution is 7.89. The van der Waals surface area contributed by atoms with Gasteiger partial charge in [-0.25, -0.2) is 8.42 Å². The first-order valence-corrected chi connectivity index (χ1v) is 9.01. The fourth-order valence-electron chi connectivity index (χ4n) is 3.58. The van der Waals surface area contributed by atoms with Crippen molar-refractivity contribution in [3.63, 3.8) is 0 Å². The number of aromatic nitrogens is 1. The van der Waals surface area contributed by atoms with E-state index >= 15 is 0 Å². The molecule has 2 heterocycles. The maximum atomic E-state index is 13.2. The van der Waals surface area contributed by atoms with Crippen molar-refractivity contribution in [1.29, 1.82) is 0 Å². The molecule has 3 rings (SSSR count). The van der Waals surface area contributed by atoms with E-state index in [1.807, 2.05) is 58.2 Å². The van der Waals surface area contributed by atoms with E-state index in [4.69, 9.17) is 0 Å². The summed E-state index contributed by atoms with van der Waals surface area (Å²) in [5.74, 6) is 0. The Morgan fingerprint density at radius 1 is 1.09 bits per heavy atom. The van der Waals surface area contributed by atoms with Gasteiger partial charge in [-0.15, -0.1) is 0 Å². The number of sulfonamides is 1. The highest BCUT2D eigenvalue weighted by atomic mass is 32.2. The van der Waals surface area contributed by atoms with Gasteiger partial charge in [-0.05, 0) is 51.0 Å². The predicted molar refractivity (Wildman–Crippen MR) is 87.4 cm³/mol. The average Bonchev–Trinajstić information content (AvgIpc) is 2.86. The molecule has 4 nitrogen and oxygen atoms in total. The van der Waals surface area contributed by atoms with E-state index in [0.29, 0.717) is 18.0 Å². The van der Waals surface area contributed by atoms with Crippen molar-refractivity contribution < 1.29 is 8.42 Å².